The Labute approximate surface area is 112 Å². The first kappa shape index (κ1) is 13.9. The van der Waals surface area contributed by atoms with E-state index in [-0.39, 0.29) is 19.4 Å². The van der Waals surface area contributed by atoms with Gasteiger partial charge in [0.1, 0.15) is 0 Å². The largest absolute Gasteiger partial charge is 0.357 e. The zero-order valence-corrected chi connectivity index (χ0v) is 10.3. The van der Waals surface area contributed by atoms with E-state index >= 15 is 0 Å². The van der Waals surface area contributed by atoms with Gasteiger partial charge in [-0.3, -0.25) is 24.1 Å². The van der Waals surface area contributed by atoms with Gasteiger partial charge in [0.25, 0.3) is 23.6 Å². The van der Waals surface area contributed by atoms with E-state index in [1.807, 2.05) is 0 Å². The minimum atomic E-state index is -1.38. The highest BCUT2D eigenvalue weighted by Gasteiger charge is 2.40. The summed E-state index contributed by atoms with van der Waals surface area (Å²) in [6, 6.07) is -1.38. The molecule has 2 aliphatic rings. The molecule has 2 rings (SSSR count). The second-order valence-corrected chi connectivity index (χ2v) is 4.12. The molecule has 9 nitrogen and oxygen atoms in total. The van der Waals surface area contributed by atoms with Gasteiger partial charge in [-0.05, 0) is 0 Å². The first-order valence-electron chi connectivity index (χ1n) is 5.78. The molecule has 1 fully saturated rings. The maximum absolute atomic E-state index is 11.9. The fourth-order valence-corrected chi connectivity index (χ4v) is 1.83. The summed E-state index contributed by atoms with van der Waals surface area (Å²) in [5.41, 5.74) is 5.36. The van der Waals surface area contributed by atoms with E-state index in [4.69, 9.17) is 5.73 Å². The van der Waals surface area contributed by atoms with Gasteiger partial charge in [0.15, 0.2) is 6.04 Å². The standard InChI is InChI=1S/C11H11N3O6/c12-5-6(13-7(15)1-2-8(13)16)11(19)20-14-9(17)3-4-10(14)18/h1-2,6H,3-5,12H2/t6-/m0/s1. The zero-order valence-electron chi connectivity index (χ0n) is 10.3. The number of rotatable bonds is 4. The number of carbonyl (C=O) groups is 5. The fraction of sp³-hybridized carbons (Fsp3) is 0.364. The van der Waals surface area contributed by atoms with E-state index in [0.29, 0.717) is 9.96 Å². The van der Waals surface area contributed by atoms with Crippen molar-refractivity contribution >= 4 is 29.6 Å². The third kappa shape index (κ3) is 2.30. The lowest BCUT2D eigenvalue weighted by Gasteiger charge is -2.24. The van der Waals surface area contributed by atoms with Crippen LogP contribution in [0.1, 0.15) is 12.8 Å². The topological polar surface area (TPSA) is 127 Å². The second kappa shape index (κ2) is 5.21. The van der Waals surface area contributed by atoms with Crippen molar-refractivity contribution in [3.63, 3.8) is 0 Å². The Morgan fingerprint density at radius 2 is 1.65 bits per heavy atom. The van der Waals surface area contributed by atoms with Crippen LogP contribution in [0, 0.1) is 0 Å². The minimum Gasteiger partial charge on any atom is -0.328 e. The van der Waals surface area contributed by atoms with Crippen molar-refractivity contribution in [2.45, 2.75) is 18.9 Å². The van der Waals surface area contributed by atoms with Crippen LogP contribution in [-0.2, 0) is 28.8 Å². The molecule has 0 saturated carbocycles. The SMILES string of the molecule is NC[C@@H](C(=O)ON1C(=O)CCC1=O)N1C(=O)C=CC1=O. The molecule has 0 aromatic carbocycles. The number of hydroxylamine groups is 2. The number of hydrogen-bond acceptors (Lipinski definition) is 7. The second-order valence-electron chi connectivity index (χ2n) is 4.12. The molecule has 0 aromatic rings. The van der Waals surface area contributed by atoms with Gasteiger partial charge in [0, 0.05) is 31.5 Å². The number of amides is 4. The van der Waals surface area contributed by atoms with Crippen LogP contribution in [0.15, 0.2) is 12.2 Å². The highest BCUT2D eigenvalue weighted by atomic mass is 16.7. The highest BCUT2D eigenvalue weighted by molar-refractivity contribution is 6.15. The highest BCUT2D eigenvalue weighted by Crippen LogP contribution is 2.15. The number of carbonyl (C=O) groups excluding carboxylic acids is 5. The van der Waals surface area contributed by atoms with E-state index in [0.717, 1.165) is 12.2 Å². The molecule has 0 aliphatic carbocycles. The minimum absolute atomic E-state index is 0.0530. The van der Waals surface area contributed by atoms with Gasteiger partial charge in [-0.1, -0.05) is 0 Å². The fourth-order valence-electron chi connectivity index (χ4n) is 1.83. The first-order chi connectivity index (χ1) is 9.45. The summed E-state index contributed by atoms with van der Waals surface area (Å²) >= 11 is 0. The summed E-state index contributed by atoms with van der Waals surface area (Å²) in [7, 11) is 0. The van der Waals surface area contributed by atoms with Crippen LogP contribution in [-0.4, -0.2) is 52.1 Å². The third-order valence-electron chi connectivity index (χ3n) is 2.84. The summed E-state index contributed by atoms with van der Waals surface area (Å²) < 4.78 is 0. The Bertz CT molecular complexity index is 506. The molecule has 4 amide bonds. The molecule has 20 heavy (non-hydrogen) atoms. The molecule has 106 valence electrons. The Kier molecular flexibility index (Phi) is 3.61. The summed E-state index contributed by atoms with van der Waals surface area (Å²) in [5, 5.41) is 0.337. The van der Waals surface area contributed by atoms with Crippen LogP contribution in [0.2, 0.25) is 0 Å². The summed E-state index contributed by atoms with van der Waals surface area (Å²) in [5.74, 6) is -3.84. The van der Waals surface area contributed by atoms with Gasteiger partial charge in [0.05, 0.1) is 0 Å². The van der Waals surface area contributed by atoms with E-state index in [1.165, 1.54) is 0 Å². The molecule has 1 atom stereocenters. The Morgan fingerprint density at radius 1 is 1.15 bits per heavy atom. The molecule has 2 heterocycles. The van der Waals surface area contributed by atoms with Crippen LogP contribution >= 0.6 is 0 Å². The van der Waals surface area contributed by atoms with Gasteiger partial charge < -0.3 is 10.6 Å². The van der Waals surface area contributed by atoms with Crippen molar-refractivity contribution in [1.29, 1.82) is 0 Å². The molecule has 0 spiro atoms. The van der Waals surface area contributed by atoms with Crippen molar-refractivity contribution in [2.24, 2.45) is 5.73 Å². The molecule has 0 unspecified atom stereocenters. The van der Waals surface area contributed by atoms with Crippen LogP contribution in [0.25, 0.3) is 0 Å². The predicted octanol–water partition coefficient (Wildman–Crippen LogP) is -2.15. The quantitative estimate of drug-likeness (QED) is 0.582. The number of nitrogens with zero attached hydrogens (tertiary/aromatic N) is 2. The van der Waals surface area contributed by atoms with E-state index in [9.17, 15) is 24.0 Å². The van der Waals surface area contributed by atoms with Crippen molar-refractivity contribution in [2.75, 3.05) is 6.54 Å². The molecule has 0 bridgehead atoms. The number of hydrogen-bond donors (Lipinski definition) is 1. The van der Waals surface area contributed by atoms with Crippen LogP contribution in [0.3, 0.4) is 0 Å². The van der Waals surface area contributed by atoms with Crippen LogP contribution < -0.4 is 5.73 Å². The molecule has 2 N–H and O–H groups in total. The number of nitrogens with two attached hydrogens (primary N) is 1. The van der Waals surface area contributed by atoms with Gasteiger partial charge >= 0.3 is 5.97 Å². The van der Waals surface area contributed by atoms with E-state index in [1.54, 1.807) is 0 Å². The predicted molar refractivity (Wildman–Crippen MR) is 61.0 cm³/mol. The molecular weight excluding hydrogens is 270 g/mol. The van der Waals surface area contributed by atoms with Crippen molar-refractivity contribution < 1.29 is 28.8 Å². The summed E-state index contributed by atoms with van der Waals surface area (Å²) in [4.78, 5) is 62.7. The lowest BCUT2D eigenvalue weighted by molar-refractivity contribution is -0.201. The lowest BCUT2D eigenvalue weighted by Crippen LogP contribution is -2.51. The van der Waals surface area contributed by atoms with Gasteiger partial charge in [-0.15, -0.1) is 5.06 Å². The third-order valence-corrected chi connectivity index (χ3v) is 2.84. The van der Waals surface area contributed by atoms with Gasteiger partial charge in [-0.25, -0.2) is 4.79 Å². The maximum atomic E-state index is 11.9. The maximum Gasteiger partial charge on any atom is 0.357 e. The normalized spacial score (nSPS) is 20.1. The monoisotopic (exact) mass is 281 g/mol. The van der Waals surface area contributed by atoms with Crippen molar-refractivity contribution in [1.82, 2.24) is 9.96 Å². The van der Waals surface area contributed by atoms with E-state index in [2.05, 4.69) is 4.84 Å². The molecular formula is C11H11N3O6. The van der Waals surface area contributed by atoms with Crippen molar-refractivity contribution in [3.05, 3.63) is 12.2 Å². The Balaban J connectivity index is 2.10. The first-order valence-corrected chi connectivity index (χ1v) is 5.78. The van der Waals surface area contributed by atoms with Crippen molar-refractivity contribution in [3.8, 4) is 0 Å². The average Bonchev–Trinajstić information content (AvgIpc) is 2.89. The Hall–Kier alpha value is -2.55. The average molecular weight is 281 g/mol. The molecule has 0 radical (unpaired) electrons. The van der Waals surface area contributed by atoms with Crippen LogP contribution in [0.5, 0.6) is 0 Å². The van der Waals surface area contributed by atoms with E-state index < -0.39 is 35.6 Å². The lowest BCUT2D eigenvalue weighted by atomic mass is 10.2. The summed E-state index contributed by atoms with van der Waals surface area (Å²) in [6.45, 7) is -0.381. The smallest absolute Gasteiger partial charge is 0.328 e. The van der Waals surface area contributed by atoms with Crippen LogP contribution in [0.4, 0.5) is 0 Å². The molecule has 9 heteroatoms. The zero-order chi connectivity index (χ0) is 14.9. The van der Waals surface area contributed by atoms with Gasteiger partial charge in [0.2, 0.25) is 0 Å². The number of imide groups is 2. The Morgan fingerprint density at radius 3 is 2.10 bits per heavy atom. The molecule has 1 saturated heterocycles. The van der Waals surface area contributed by atoms with Gasteiger partial charge in [-0.2, -0.15) is 0 Å². The summed E-state index contributed by atoms with van der Waals surface area (Å²) in [6.07, 6.45) is 1.87. The molecule has 0 aromatic heterocycles. The molecule has 2 aliphatic heterocycles.